The average molecular weight is 248 g/mol. The van der Waals surface area contributed by atoms with Gasteiger partial charge in [0.05, 0.1) is 6.42 Å². The van der Waals surface area contributed by atoms with Crippen molar-refractivity contribution in [2.24, 2.45) is 5.73 Å². The highest BCUT2D eigenvalue weighted by atomic mass is 16.2. The minimum Gasteiger partial charge on any atom is -0.363 e. The third-order valence-corrected chi connectivity index (χ3v) is 2.39. The molecule has 0 radical (unpaired) electrons. The van der Waals surface area contributed by atoms with Crippen LogP contribution >= 0.6 is 0 Å². The molecule has 0 unspecified atom stereocenters. The van der Waals surface area contributed by atoms with E-state index < -0.39 is 11.7 Å². The molecule has 0 spiro atoms. The number of hydrogen-bond acceptors (Lipinski definition) is 3. The van der Waals surface area contributed by atoms with Crippen molar-refractivity contribution in [1.82, 2.24) is 5.32 Å². The molecule has 0 aliphatic heterocycles. The fourth-order valence-corrected chi connectivity index (χ4v) is 1.44. The summed E-state index contributed by atoms with van der Waals surface area (Å²) in [6.07, 6.45) is 0.799. The summed E-state index contributed by atoms with van der Waals surface area (Å²) in [6.45, 7) is 0.366. The van der Waals surface area contributed by atoms with Gasteiger partial charge >= 0.3 is 0 Å². The van der Waals surface area contributed by atoms with Crippen molar-refractivity contribution < 1.29 is 14.4 Å². The van der Waals surface area contributed by atoms with Gasteiger partial charge in [-0.15, -0.1) is 0 Å². The molecule has 5 heteroatoms. The van der Waals surface area contributed by atoms with E-state index in [9.17, 15) is 14.4 Å². The van der Waals surface area contributed by atoms with Crippen LogP contribution in [0.1, 0.15) is 18.4 Å². The molecular formula is C13H16N2O3. The second-order valence-electron chi connectivity index (χ2n) is 3.90. The molecule has 0 atom stereocenters. The van der Waals surface area contributed by atoms with Gasteiger partial charge in [0.15, 0.2) is 0 Å². The first kappa shape index (κ1) is 13.9. The molecule has 0 saturated carbocycles. The summed E-state index contributed by atoms with van der Waals surface area (Å²) in [7, 11) is 0. The van der Waals surface area contributed by atoms with Gasteiger partial charge in [-0.05, 0) is 12.0 Å². The van der Waals surface area contributed by atoms with E-state index >= 15 is 0 Å². The van der Waals surface area contributed by atoms with Crippen LogP contribution in [-0.2, 0) is 20.8 Å². The Balaban J connectivity index is 2.18. The zero-order chi connectivity index (χ0) is 13.4. The summed E-state index contributed by atoms with van der Waals surface area (Å²) in [6, 6.07) is 9.37. The number of ketones is 1. The minimum atomic E-state index is -0.925. The van der Waals surface area contributed by atoms with Gasteiger partial charge in [-0.25, -0.2) is 0 Å². The maximum absolute atomic E-state index is 11.5. The Morgan fingerprint density at radius 2 is 1.78 bits per heavy atom. The van der Waals surface area contributed by atoms with E-state index in [2.05, 4.69) is 5.32 Å². The fourth-order valence-electron chi connectivity index (χ4n) is 1.44. The lowest BCUT2D eigenvalue weighted by atomic mass is 10.1. The molecular weight excluding hydrogens is 232 g/mol. The highest BCUT2D eigenvalue weighted by Gasteiger charge is 2.08. The topological polar surface area (TPSA) is 89.3 Å². The maximum Gasteiger partial charge on any atom is 0.284 e. The highest BCUT2D eigenvalue weighted by molar-refractivity contribution is 6.35. The molecule has 0 fully saturated rings. The Morgan fingerprint density at radius 3 is 2.39 bits per heavy atom. The summed E-state index contributed by atoms with van der Waals surface area (Å²) in [4.78, 5) is 32.8. The van der Waals surface area contributed by atoms with Gasteiger partial charge in [0.2, 0.25) is 11.7 Å². The first-order valence-electron chi connectivity index (χ1n) is 5.73. The Labute approximate surface area is 105 Å². The number of carbonyl (C=O) groups excluding carboxylic acids is 3. The van der Waals surface area contributed by atoms with Crippen LogP contribution in [0, 0.1) is 0 Å². The van der Waals surface area contributed by atoms with Crippen molar-refractivity contribution in [2.45, 2.75) is 19.3 Å². The lowest BCUT2D eigenvalue weighted by Gasteiger charge is -2.04. The SMILES string of the molecule is NC(=O)C(=O)CCCNC(=O)Cc1ccccc1. The molecule has 0 aliphatic rings. The van der Waals surface area contributed by atoms with Crippen LogP contribution in [0.15, 0.2) is 30.3 Å². The molecule has 0 heterocycles. The normalized spacial score (nSPS) is 9.78. The minimum absolute atomic E-state index is 0.0704. The van der Waals surface area contributed by atoms with Crippen LogP contribution in [0.5, 0.6) is 0 Å². The van der Waals surface area contributed by atoms with Gasteiger partial charge in [-0.1, -0.05) is 30.3 Å². The summed E-state index contributed by atoms with van der Waals surface area (Å²) < 4.78 is 0. The molecule has 5 nitrogen and oxygen atoms in total. The fraction of sp³-hybridized carbons (Fsp3) is 0.308. The highest BCUT2D eigenvalue weighted by Crippen LogP contribution is 1.99. The van der Waals surface area contributed by atoms with E-state index in [-0.39, 0.29) is 12.3 Å². The molecule has 96 valence electrons. The molecule has 2 amide bonds. The van der Waals surface area contributed by atoms with Crippen molar-refractivity contribution in [3.8, 4) is 0 Å². The largest absolute Gasteiger partial charge is 0.363 e. The first-order valence-corrected chi connectivity index (χ1v) is 5.73. The number of hydrogen-bond donors (Lipinski definition) is 2. The molecule has 1 aromatic carbocycles. The second-order valence-corrected chi connectivity index (χ2v) is 3.90. The van der Waals surface area contributed by atoms with E-state index in [4.69, 9.17) is 5.73 Å². The number of primary amides is 1. The van der Waals surface area contributed by atoms with Crippen molar-refractivity contribution in [1.29, 1.82) is 0 Å². The number of amides is 2. The molecule has 0 aliphatic carbocycles. The zero-order valence-corrected chi connectivity index (χ0v) is 10.0. The molecule has 1 aromatic rings. The molecule has 3 N–H and O–H groups in total. The number of rotatable bonds is 7. The Bertz CT molecular complexity index is 429. The monoisotopic (exact) mass is 248 g/mol. The Morgan fingerprint density at radius 1 is 1.11 bits per heavy atom. The van der Waals surface area contributed by atoms with E-state index in [0.29, 0.717) is 19.4 Å². The summed E-state index contributed by atoms with van der Waals surface area (Å²) in [5.74, 6) is -1.63. The predicted molar refractivity (Wildman–Crippen MR) is 66.6 cm³/mol. The van der Waals surface area contributed by atoms with Crippen molar-refractivity contribution in [3.05, 3.63) is 35.9 Å². The quantitative estimate of drug-likeness (QED) is 0.533. The van der Waals surface area contributed by atoms with Crippen LogP contribution in [0.3, 0.4) is 0 Å². The third kappa shape index (κ3) is 5.25. The van der Waals surface area contributed by atoms with Gasteiger partial charge in [-0.3, -0.25) is 14.4 Å². The Kier molecular flexibility index (Phi) is 5.57. The summed E-state index contributed by atoms with van der Waals surface area (Å²) in [5, 5.41) is 2.68. The Hall–Kier alpha value is -2.17. The van der Waals surface area contributed by atoms with Crippen LogP contribution in [0.4, 0.5) is 0 Å². The van der Waals surface area contributed by atoms with Crippen molar-refractivity contribution >= 4 is 17.6 Å². The second kappa shape index (κ2) is 7.21. The van der Waals surface area contributed by atoms with Gasteiger partial charge in [0.1, 0.15) is 0 Å². The number of carbonyl (C=O) groups is 3. The number of benzene rings is 1. The van der Waals surface area contributed by atoms with Crippen LogP contribution in [0.2, 0.25) is 0 Å². The van der Waals surface area contributed by atoms with Gasteiger partial charge in [0, 0.05) is 13.0 Å². The molecule has 0 saturated heterocycles. The molecule has 1 rings (SSSR count). The van der Waals surface area contributed by atoms with Gasteiger partial charge < -0.3 is 11.1 Å². The van der Waals surface area contributed by atoms with E-state index in [1.165, 1.54) is 0 Å². The van der Waals surface area contributed by atoms with Crippen LogP contribution < -0.4 is 11.1 Å². The molecule has 18 heavy (non-hydrogen) atoms. The number of nitrogens with one attached hydrogen (secondary N) is 1. The van der Waals surface area contributed by atoms with Gasteiger partial charge in [-0.2, -0.15) is 0 Å². The van der Waals surface area contributed by atoms with E-state index in [1.807, 2.05) is 30.3 Å². The number of nitrogens with two attached hydrogens (primary N) is 1. The summed E-state index contributed by atoms with van der Waals surface area (Å²) >= 11 is 0. The third-order valence-electron chi connectivity index (χ3n) is 2.39. The van der Waals surface area contributed by atoms with Crippen LogP contribution in [0.25, 0.3) is 0 Å². The standard InChI is InChI=1S/C13H16N2O3/c14-13(18)11(16)7-4-8-15-12(17)9-10-5-2-1-3-6-10/h1-3,5-6H,4,7-9H2,(H2,14,18)(H,15,17). The lowest BCUT2D eigenvalue weighted by molar-refractivity contribution is -0.136. The molecule has 0 aromatic heterocycles. The maximum atomic E-state index is 11.5. The van der Waals surface area contributed by atoms with Crippen molar-refractivity contribution in [3.63, 3.8) is 0 Å². The zero-order valence-electron chi connectivity index (χ0n) is 10.0. The van der Waals surface area contributed by atoms with Crippen molar-refractivity contribution in [2.75, 3.05) is 6.54 Å². The summed E-state index contributed by atoms with van der Waals surface area (Å²) in [5.41, 5.74) is 5.74. The van der Waals surface area contributed by atoms with E-state index in [0.717, 1.165) is 5.56 Å². The van der Waals surface area contributed by atoms with E-state index in [1.54, 1.807) is 0 Å². The lowest BCUT2D eigenvalue weighted by Crippen LogP contribution is -2.28. The average Bonchev–Trinajstić information content (AvgIpc) is 2.35. The molecule has 0 bridgehead atoms. The van der Waals surface area contributed by atoms with Crippen LogP contribution in [-0.4, -0.2) is 24.1 Å². The smallest absolute Gasteiger partial charge is 0.284 e. The van der Waals surface area contributed by atoms with Gasteiger partial charge in [0.25, 0.3) is 5.91 Å². The number of Topliss-reactive ketones (excluding diaryl/α,β-unsaturated/α-hetero) is 1. The predicted octanol–water partition coefficient (Wildman–Crippen LogP) is 0.180. The first-order chi connectivity index (χ1) is 8.59.